The van der Waals surface area contributed by atoms with E-state index in [1.807, 2.05) is 0 Å². The van der Waals surface area contributed by atoms with Gasteiger partial charge in [-0.25, -0.2) is 0 Å². The van der Waals surface area contributed by atoms with E-state index in [9.17, 15) is 5.11 Å². The molecule has 108 valence electrons. The average molecular weight is 274 g/mol. The van der Waals surface area contributed by atoms with Crippen molar-refractivity contribution in [1.29, 1.82) is 5.26 Å². The first kappa shape index (κ1) is 14.8. The molecule has 1 unspecified atom stereocenters. The predicted molar refractivity (Wildman–Crippen MR) is 77.5 cm³/mol. The van der Waals surface area contributed by atoms with E-state index in [0.29, 0.717) is 23.3 Å². The topological polar surface area (TPSA) is 65.3 Å². The largest absolute Gasteiger partial charge is 0.491 e. The molecule has 1 aromatic carbocycles. The molecule has 2 rings (SSSR count). The number of aliphatic hydroxyl groups excluding tert-OH is 1. The number of nitrogens with zero attached hydrogens (tertiary/aromatic N) is 1. The minimum Gasteiger partial charge on any atom is -0.491 e. The third-order valence-electron chi connectivity index (χ3n) is 3.92. The van der Waals surface area contributed by atoms with Crippen molar-refractivity contribution < 1.29 is 9.84 Å². The van der Waals surface area contributed by atoms with Crippen LogP contribution in [0.1, 0.15) is 31.7 Å². The standard InChI is InChI=1S/C16H22N2O2/c1-16(7-2-8-16)12-18-10-14(19)11-20-15-5-3-13(9-17)4-6-15/h3-6,14,18-19H,2,7-8,10-12H2,1H3. The Morgan fingerprint density at radius 2 is 2.10 bits per heavy atom. The van der Waals surface area contributed by atoms with Crippen molar-refractivity contribution in [3.63, 3.8) is 0 Å². The van der Waals surface area contributed by atoms with E-state index >= 15 is 0 Å². The fraction of sp³-hybridized carbons (Fsp3) is 0.562. The van der Waals surface area contributed by atoms with Gasteiger partial charge in [0.2, 0.25) is 0 Å². The lowest BCUT2D eigenvalue weighted by molar-refractivity contribution is 0.0946. The molecule has 4 nitrogen and oxygen atoms in total. The van der Waals surface area contributed by atoms with E-state index in [1.165, 1.54) is 19.3 Å². The zero-order valence-electron chi connectivity index (χ0n) is 11.9. The van der Waals surface area contributed by atoms with Gasteiger partial charge < -0.3 is 15.2 Å². The van der Waals surface area contributed by atoms with Gasteiger partial charge in [-0.1, -0.05) is 13.3 Å². The maximum atomic E-state index is 9.86. The maximum absolute atomic E-state index is 9.86. The predicted octanol–water partition coefficient (Wildman–Crippen LogP) is 2.08. The normalized spacial score (nSPS) is 17.9. The zero-order valence-corrected chi connectivity index (χ0v) is 11.9. The quantitative estimate of drug-likeness (QED) is 0.799. The van der Waals surface area contributed by atoms with E-state index in [2.05, 4.69) is 18.3 Å². The Balaban J connectivity index is 1.64. The molecule has 1 aliphatic rings. The molecule has 20 heavy (non-hydrogen) atoms. The van der Waals surface area contributed by atoms with Crippen molar-refractivity contribution >= 4 is 0 Å². The highest BCUT2D eigenvalue weighted by Gasteiger charge is 2.31. The highest BCUT2D eigenvalue weighted by molar-refractivity contribution is 5.34. The van der Waals surface area contributed by atoms with Crippen LogP contribution in [0.2, 0.25) is 0 Å². The van der Waals surface area contributed by atoms with Gasteiger partial charge in [0.05, 0.1) is 11.6 Å². The SMILES string of the molecule is CC1(CNCC(O)COc2ccc(C#N)cc2)CCC1. The smallest absolute Gasteiger partial charge is 0.119 e. The maximum Gasteiger partial charge on any atom is 0.119 e. The molecule has 0 saturated heterocycles. The number of nitrogens with one attached hydrogen (secondary N) is 1. The van der Waals surface area contributed by atoms with Gasteiger partial charge in [0, 0.05) is 13.1 Å². The fourth-order valence-corrected chi connectivity index (χ4v) is 2.37. The number of rotatable bonds is 7. The monoisotopic (exact) mass is 274 g/mol. The summed E-state index contributed by atoms with van der Waals surface area (Å²) in [5, 5.41) is 21.9. The van der Waals surface area contributed by atoms with Gasteiger partial charge in [0.1, 0.15) is 18.5 Å². The Hall–Kier alpha value is -1.57. The van der Waals surface area contributed by atoms with Gasteiger partial charge in [-0.3, -0.25) is 0 Å². The van der Waals surface area contributed by atoms with Crippen LogP contribution < -0.4 is 10.1 Å². The number of ether oxygens (including phenoxy) is 1. The lowest BCUT2D eigenvalue weighted by Crippen LogP contribution is -2.41. The Morgan fingerprint density at radius 1 is 1.40 bits per heavy atom. The second-order valence-corrected chi connectivity index (χ2v) is 5.90. The highest BCUT2D eigenvalue weighted by atomic mass is 16.5. The molecule has 1 aromatic rings. The van der Waals surface area contributed by atoms with E-state index in [4.69, 9.17) is 10.00 Å². The first-order valence-electron chi connectivity index (χ1n) is 7.13. The van der Waals surface area contributed by atoms with Crippen LogP contribution in [0.3, 0.4) is 0 Å². The number of hydrogen-bond donors (Lipinski definition) is 2. The van der Waals surface area contributed by atoms with Crippen LogP contribution in [-0.2, 0) is 0 Å². The van der Waals surface area contributed by atoms with E-state index in [1.54, 1.807) is 24.3 Å². The number of benzene rings is 1. The average Bonchev–Trinajstić information content (AvgIpc) is 2.44. The third kappa shape index (κ3) is 4.22. The van der Waals surface area contributed by atoms with E-state index in [-0.39, 0.29) is 6.61 Å². The van der Waals surface area contributed by atoms with E-state index in [0.717, 1.165) is 6.54 Å². The Morgan fingerprint density at radius 3 is 2.65 bits per heavy atom. The molecular weight excluding hydrogens is 252 g/mol. The van der Waals surface area contributed by atoms with E-state index < -0.39 is 6.10 Å². The van der Waals surface area contributed by atoms with Gasteiger partial charge in [-0.2, -0.15) is 5.26 Å². The summed E-state index contributed by atoms with van der Waals surface area (Å²) in [7, 11) is 0. The summed E-state index contributed by atoms with van der Waals surface area (Å²) >= 11 is 0. The van der Waals surface area contributed by atoms with Crippen molar-refractivity contribution in [2.45, 2.75) is 32.3 Å². The summed E-state index contributed by atoms with van der Waals surface area (Å²) in [5.41, 5.74) is 1.03. The fourth-order valence-electron chi connectivity index (χ4n) is 2.37. The summed E-state index contributed by atoms with van der Waals surface area (Å²) in [5.74, 6) is 0.675. The first-order chi connectivity index (χ1) is 9.61. The van der Waals surface area contributed by atoms with Gasteiger partial charge >= 0.3 is 0 Å². The third-order valence-corrected chi connectivity index (χ3v) is 3.92. The van der Waals surface area contributed by atoms with Crippen LogP contribution in [0.25, 0.3) is 0 Å². The zero-order chi connectivity index (χ0) is 14.4. The first-order valence-corrected chi connectivity index (χ1v) is 7.13. The van der Waals surface area contributed by atoms with Crippen LogP contribution in [0, 0.1) is 16.7 Å². The molecule has 2 N–H and O–H groups in total. The van der Waals surface area contributed by atoms with Crippen molar-refractivity contribution in [2.75, 3.05) is 19.7 Å². The van der Waals surface area contributed by atoms with Crippen LogP contribution in [0.4, 0.5) is 0 Å². The van der Waals surface area contributed by atoms with Crippen LogP contribution in [-0.4, -0.2) is 30.9 Å². The van der Waals surface area contributed by atoms with Gasteiger partial charge in [-0.15, -0.1) is 0 Å². The lowest BCUT2D eigenvalue weighted by atomic mass is 9.70. The molecular formula is C16H22N2O2. The molecule has 1 aliphatic carbocycles. The minimum absolute atomic E-state index is 0.260. The number of aliphatic hydroxyl groups is 1. The molecule has 1 fully saturated rings. The van der Waals surface area contributed by atoms with Crippen molar-refractivity contribution in [2.24, 2.45) is 5.41 Å². The minimum atomic E-state index is -0.519. The molecule has 0 aromatic heterocycles. The molecule has 4 heteroatoms. The molecule has 0 heterocycles. The van der Waals surface area contributed by atoms with Crippen molar-refractivity contribution in [3.8, 4) is 11.8 Å². The second-order valence-electron chi connectivity index (χ2n) is 5.90. The number of hydrogen-bond acceptors (Lipinski definition) is 4. The van der Waals surface area contributed by atoms with Gasteiger partial charge in [-0.05, 0) is 42.5 Å². The summed E-state index contributed by atoms with van der Waals surface area (Å²) in [6.07, 6.45) is 3.35. The van der Waals surface area contributed by atoms with Crippen LogP contribution >= 0.6 is 0 Å². The lowest BCUT2D eigenvalue weighted by Gasteiger charge is -2.38. The molecule has 0 amide bonds. The summed E-state index contributed by atoms with van der Waals surface area (Å²) in [4.78, 5) is 0. The molecule has 0 radical (unpaired) electrons. The van der Waals surface area contributed by atoms with Crippen LogP contribution in [0.15, 0.2) is 24.3 Å². The highest BCUT2D eigenvalue weighted by Crippen LogP contribution is 2.39. The van der Waals surface area contributed by atoms with Gasteiger partial charge in [0.15, 0.2) is 0 Å². The second kappa shape index (κ2) is 6.74. The Labute approximate surface area is 120 Å². The molecule has 0 aliphatic heterocycles. The molecule has 0 spiro atoms. The summed E-state index contributed by atoms with van der Waals surface area (Å²) in [6.45, 7) is 4.05. The van der Waals surface area contributed by atoms with Gasteiger partial charge in [0.25, 0.3) is 0 Å². The van der Waals surface area contributed by atoms with Crippen molar-refractivity contribution in [1.82, 2.24) is 5.32 Å². The molecule has 1 atom stereocenters. The summed E-state index contributed by atoms with van der Waals surface area (Å²) in [6, 6.07) is 8.96. The summed E-state index contributed by atoms with van der Waals surface area (Å²) < 4.78 is 5.49. The van der Waals surface area contributed by atoms with Crippen LogP contribution in [0.5, 0.6) is 5.75 Å². The van der Waals surface area contributed by atoms with Crippen molar-refractivity contribution in [3.05, 3.63) is 29.8 Å². The molecule has 0 bridgehead atoms. The Bertz CT molecular complexity index is 460. The molecule has 1 saturated carbocycles. The number of nitriles is 1. The Kier molecular flexibility index (Phi) is 4.99.